The molecule has 0 aliphatic carbocycles. The molecule has 2 rings (SSSR count). The Bertz CT molecular complexity index is 922. The molecular formula is C15H16N2O5S2. The quantitative estimate of drug-likeness (QED) is 0.804. The van der Waals surface area contributed by atoms with E-state index in [1.54, 1.807) is 18.2 Å². The zero-order valence-electron chi connectivity index (χ0n) is 12.8. The van der Waals surface area contributed by atoms with E-state index in [4.69, 9.17) is 0 Å². The maximum absolute atomic E-state index is 12.2. The van der Waals surface area contributed by atoms with Gasteiger partial charge in [0.1, 0.15) is 0 Å². The highest BCUT2D eigenvalue weighted by atomic mass is 32.2. The summed E-state index contributed by atoms with van der Waals surface area (Å²) in [6.45, 7) is 1.49. The van der Waals surface area contributed by atoms with Gasteiger partial charge in [0.2, 0.25) is 10.0 Å². The molecule has 2 aromatic rings. The van der Waals surface area contributed by atoms with Crippen LogP contribution >= 0.6 is 0 Å². The Labute approximate surface area is 140 Å². The fraction of sp³-hybridized carbons (Fsp3) is 0.133. The first-order valence-corrected chi connectivity index (χ1v) is 10.1. The number of carbonyl (C=O) groups is 1. The molecule has 1 amide bonds. The van der Waals surface area contributed by atoms with Gasteiger partial charge < -0.3 is 0 Å². The van der Waals surface area contributed by atoms with Crippen LogP contribution in [0.4, 0.5) is 5.69 Å². The SMILES string of the molecule is CCS(=O)(=O)Nc1ccc(S(=O)(=O)NC(=O)c2ccccc2)cc1. The van der Waals surface area contributed by atoms with E-state index in [2.05, 4.69) is 4.72 Å². The molecule has 0 radical (unpaired) electrons. The maximum Gasteiger partial charge on any atom is 0.264 e. The van der Waals surface area contributed by atoms with E-state index in [0.29, 0.717) is 0 Å². The topological polar surface area (TPSA) is 109 Å². The zero-order chi connectivity index (χ0) is 17.8. The number of rotatable bonds is 6. The predicted octanol–water partition coefficient (Wildman–Crippen LogP) is 1.57. The third kappa shape index (κ3) is 4.56. The molecule has 0 spiro atoms. The fourth-order valence-electron chi connectivity index (χ4n) is 1.78. The van der Waals surface area contributed by atoms with Crippen molar-refractivity contribution in [1.82, 2.24) is 4.72 Å². The summed E-state index contributed by atoms with van der Waals surface area (Å²) < 4.78 is 51.6. The third-order valence-corrected chi connectivity index (χ3v) is 5.73. The third-order valence-electron chi connectivity index (χ3n) is 3.08. The number of nitrogens with one attached hydrogen (secondary N) is 2. The molecule has 0 atom stereocenters. The van der Waals surface area contributed by atoms with Crippen LogP contribution in [0.5, 0.6) is 0 Å². The molecule has 0 fully saturated rings. The van der Waals surface area contributed by atoms with Crippen molar-refractivity contribution in [2.75, 3.05) is 10.5 Å². The number of sulfonamides is 2. The van der Waals surface area contributed by atoms with Crippen molar-refractivity contribution in [2.24, 2.45) is 0 Å². The largest absolute Gasteiger partial charge is 0.284 e. The van der Waals surface area contributed by atoms with Gasteiger partial charge in [-0.05, 0) is 43.3 Å². The second-order valence-electron chi connectivity index (χ2n) is 4.83. The first kappa shape index (κ1) is 18.0. The summed E-state index contributed by atoms with van der Waals surface area (Å²) in [7, 11) is -7.50. The Morgan fingerprint density at radius 3 is 2.04 bits per heavy atom. The number of anilines is 1. The van der Waals surface area contributed by atoms with Crippen molar-refractivity contribution in [3.8, 4) is 0 Å². The average Bonchev–Trinajstić information content (AvgIpc) is 2.55. The van der Waals surface area contributed by atoms with Gasteiger partial charge in [0.15, 0.2) is 0 Å². The smallest absolute Gasteiger partial charge is 0.264 e. The molecule has 7 nitrogen and oxygen atoms in total. The van der Waals surface area contributed by atoms with Gasteiger partial charge in [-0.25, -0.2) is 21.6 Å². The molecule has 128 valence electrons. The first-order chi connectivity index (χ1) is 11.2. The van der Waals surface area contributed by atoms with E-state index in [-0.39, 0.29) is 21.9 Å². The molecule has 0 bridgehead atoms. The van der Waals surface area contributed by atoms with Gasteiger partial charge in [0, 0.05) is 11.3 Å². The Morgan fingerprint density at radius 2 is 1.50 bits per heavy atom. The van der Waals surface area contributed by atoms with E-state index in [1.165, 1.54) is 43.3 Å². The number of hydrogen-bond donors (Lipinski definition) is 2. The summed E-state index contributed by atoms with van der Waals surface area (Å²) in [5.41, 5.74) is 0.457. The van der Waals surface area contributed by atoms with Gasteiger partial charge in [-0.1, -0.05) is 18.2 Å². The Balaban J connectivity index is 2.17. The van der Waals surface area contributed by atoms with Crippen LogP contribution in [-0.2, 0) is 20.0 Å². The van der Waals surface area contributed by atoms with Crippen molar-refractivity contribution < 1.29 is 21.6 Å². The summed E-state index contributed by atoms with van der Waals surface area (Å²) in [5.74, 6) is -0.841. The highest BCUT2D eigenvalue weighted by Gasteiger charge is 2.18. The lowest BCUT2D eigenvalue weighted by Crippen LogP contribution is -2.30. The monoisotopic (exact) mass is 368 g/mol. The van der Waals surface area contributed by atoms with Crippen LogP contribution < -0.4 is 9.44 Å². The van der Waals surface area contributed by atoms with Crippen LogP contribution in [0.25, 0.3) is 0 Å². The van der Waals surface area contributed by atoms with Crippen molar-refractivity contribution in [1.29, 1.82) is 0 Å². The summed E-state index contributed by atoms with van der Waals surface area (Å²) in [6.07, 6.45) is 0. The lowest BCUT2D eigenvalue weighted by molar-refractivity contribution is 0.0981. The van der Waals surface area contributed by atoms with Crippen LogP contribution in [-0.4, -0.2) is 28.5 Å². The predicted molar refractivity (Wildman–Crippen MR) is 90.6 cm³/mol. The average molecular weight is 368 g/mol. The highest BCUT2D eigenvalue weighted by molar-refractivity contribution is 7.92. The molecule has 24 heavy (non-hydrogen) atoms. The summed E-state index contributed by atoms with van der Waals surface area (Å²) in [4.78, 5) is 11.8. The minimum absolute atomic E-state index is 0.0970. The number of carbonyl (C=O) groups excluding carboxylic acids is 1. The van der Waals surface area contributed by atoms with Crippen LogP contribution in [0, 0.1) is 0 Å². The number of hydrogen-bond acceptors (Lipinski definition) is 5. The van der Waals surface area contributed by atoms with E-state index >= 15 is 0 Å². The minimum atomic E-state index is -4.05. The molecule has 0 saturated carbocycles. The molecule has 0 aliphatic rings. The molecule has 0 heterocycles. The van der Waals surface area contributed by atoms with Crippen molar-refractivity contribution in [3.05, 3.63) is 60.2 Å². The van der Waals surface area contributed by atoms with E-state index in [0.717, 1.165) is 0 Å². The second kappa shape index (κ2) is 7.02. The minimum Gasteiger partial charge on any atom is -0.284 e. The molecule has 0 aliphatic heterocycles. The van der Waals surface area contributed by atoms with Crippen LogP contribution in [0.1, 0.15) is 17.3 Å². The molecule has 0 saturated heterocycles. The zero-order valence-corrected chi connectivity index (χ0v) is 14.4. The Morgan fingerprint density at radius 1 is 0.917 bits per heavy atom. The van der Waals surface area contributed by atoms with Gasteiger partial charge in [-0.2, -0.15) is 0 Å². The lowest BCUT2D eigenvalue weighted by atomic mass is 10.2. The summed E-state index contributed by atoms with van der Waals surface area (Å²) in [5, 5.41) is 0. The van der Waals surface area contributed by atoms with Gasteiger partial charge in [0.25, 0.3) is 15.9 Å². The van der Waals surface area contributed by atoms with Crippen molar-refractivity contribution >= 4 is 31.6 Å². The van der Waals surface area contributed by atoms with Gasteiger partial charge >= 0.3 is 0 Å². The molecule has 2 aromatic carbocycles. The van der Waals surface area contributed by atoms with Gasteiger partial charge in [-0.15, -0.1) is 0 Å². The number of benzene rings is 2. The summed E-state index contributed by atoms with van der Waals surface area (Å²) in [6, 6.07) is 13.0. The highest BCUT2D eigenvalue weighted by Crippen LogP contribution is 2.15. The Kier molecular flexibility index (Phi) is 5.25. The van der Waals surface area contributed by atoms with Crippen molar-refractivity contribution in [2.45, 2.75) is 11.8 Å². The van der Waals surface area contributed by atoms with E-state index in [9.17, 15) is 21.6 Å². The molecule has 9 heteroatoms. The van der Waals surface area contributed by atoms with E-state index in [1.807, 2.05) is 4.72 Å². The fourth-order valence-corrected chi connectivity index (χ4v) is 3.40. The lowest BCUT2D eigenvalue weighted by Gasteiger charge is -2.09. The normalized spacial score (nSPS) is 11.7. The van der Waals surface area contributed by atoms with Gasteiger partial charge in [-0.3, -0.25) is 9.52 Å². The summed E-state index contributed by atoms with van der Waals surface area (Å²) >= 11 is 0. The Hall–Kier alpha value is -2.39. The molecule has 2 N–H and O–H groups in total. The van der Waals surface area contributed by atoms with Crippen LogP contribution in [0.3, 0.4) is 0 Å². The maximum atomic E-state index is 12.2. The molecule has 0 aromatic heterocycles. The van der Waals surface area contributed by atoms with Crippen molar-refractivity contribution in [3.63, 3.8) is 0 Å². The van der Waals surface area contributed by atoms with Gasteiger partial charge in [0.05, 0.1) is 10.6 Å². The molecular weight excluding hydrogens is 352 g/mol. The molecule has 0 unspecified atom stereocenters. The number of amides is 1. The van der Waals surface area contributed by atoms with E-state index < -0.39 is 26.0 Å². The first-order valence-electron chi connectivity index (χ1n) is 6.96. The van der Waals surface area contributed by atoms with Crippen LogP contribution in [0.15, 0.2) is 59.5 Å². The standard InChI is InChI=1S/C15H16N2O5S2/c1-2-23(19,20)16-13-8-10-14(11-9-13)24(21,22)17-15(18)12-6-4-3-5-7-12/h3-11,16H,2H2,1H3,(H,17,18). The van der Waals surface area contributed by atoms with Crippen LogP contribution in [0.2, 0.25) is 0 Å². The second-order valence-corrected chi connectivity index (χ2v) is 8.52.